The first-order valence-corrected chi connectivity index (χ1v) is 17.0. The Morgan fingerprint density at radius 1 is 0.667 bits per heavy atom. The van der Waals surface area contributed by atoms with Gasteiger partial charge in [-0.15, -0.1) is 0 Å². The van der Waals surface area contributed by atoms with Gasteiger partial charge in [0.1, 0.15) is 0 Å². The summed E-state index contributed by atoms with van der Waals surface area (Å²) in [7, 11) is 0. The molecule has 0 bridgehead atoms. The zero-order chi connectivity index (χ0) is 22.5. The minimum atomic E-state index is -0.521. The van der Waals surface area contributed by atoms with Crippen molar-refractivity contribution in [3.05, 3.63) is 12.2 Å². The Kier molecular flexibility index (Phi) is 33.4. The van der Waals surface area contributed by atoms with Crippen molar-refractivity contribution in [1.29, 1.82) is 0 Å². The van der Waals surface area contributed by atoms with Crippen molar-refractivity contribution in [2.75, 3.05) is 0 Å². The van der Waals surface area contributed by atoms with Gasteiger partial charge in [0.2, 0.25) is 0 Å². The summed E-state index contributed by atoms with van der Waals surface area (Å²) in [6.45, 7) is 6.84. The van der Waals surface area contributed by atoms with Crippen LogP contribution in [0.25, 0.3) is 0 Å². The summed E-state index contributed by atoms with van der Waals surface area (Å²) in [6.07, 6.45) is 26.9. The van der Waals surface area contributed by atoms with Crippen LogP contribution in [0.4, 0.5) is 0 Å². The number of allylic oxidation sites excluding steroid dienone is 2. The number of hydrogen-bond donors (Lipinski definition) is 1. The number of hydrogen-bond acceptors (Lipinski definition) is 3. The van der Waals surface area contributed by atoms with Crippen LogP contribution in [-0.4, -0.2) is 32.4 Å². The first kappa shape index (κ1) is 32.2. The van der Waals surface area contributed by atoms with Gasteiger partial charge >= 0.3 is 75.5 Å². The predicted molar refractivity (Wildman–Crippen MR) is 133 cm³/mol. The summed E-state index contributed by atoms with van der Waals surface area (Å²) in [4.78, 5) is 14.3. The molecule has 0 aromatic rings. The molecule has 0 aliphatic carbocycles. The maximum atomic E-state index is 10.7. The van der Waals surface area contributed by atoms with E-state index in [-0.39, 0.29) is 21.1 Å². The Morgan fingerprint density at radius 3 is 1.57 bits per heavy atom. The average molecular weight is 531 g/mol. The molecule has 3 nitrogen and oxygen atoms in total. The van der Waals surface area contributed by atoms with E-state index in [0.29, 0.717) is 6.42 Å². The van der Waals surface area contributed by atoms with Gasteiger partial charge in [-0.05, 0) is 32.1 Å². The molecule has 0 saturated carbocycles. The van der Waals surface area contributed by atoms with E-state index in [1.165, 1.54) is 89.9 Å². The maximum absolute atomic E-state index is 10.7. The molecule has 30 heavy (non-hydrogen) atoms. The van der Waals surface area contributed by atoms with Crippen molar-refractivity contribution in [2.45, 2.75) is 145 Å². The second kappa shape index (κ2) is 31.2. The third kappa shape index (κ3) is 32.6. The average Bonchev–Trinajstić information content (AvgIpc) is 2.76. The van der Waals surface area contributed by atoms with Gasteiger partial charge in [-0.25, -0.2) is 4.79 Å². The van der Waals surface area contributed by atoms with E-state index in [0.717, 1.165) is 19.3 Å². The molecular formula is C26H52O3Sn. The molecule has 0 aliphatic rings. The Bertz CT molecular complexity index is 339. The van der Waals surface area contributed by atoms with Crippen molar-refractivity contribution in [3.63, 3.8) is 0 Å². The van der Waals surface area contributed by atoms with Gasteiger partial charge in [-0.1, -0.05) is 70.4 Å². The standard InChI is InChI=1S/C18H34O3.2C4H9.Sn/c1-2-3-4-5-6-7-8-9-10-11-12-13-14-15-16-17-18(19)21-20;2*1-3-4-2;/h9-10,20H,2-8,11-17H2,1H3;2*1,3-4H2,2H3;/b10-9-;;;. The minimum absolute atomic E-state index is 0.149. The predicted octanol–water partition coefficient (Wildman–Crippen LogP) is 9.17. The molecular weight excluding hydrogens is 479 g/mol. The van der Waals surface area contributed by atoms with Crippen LogP contribution in [-0.2, 0) is 9.68 Å². The van der Waals surface area contributed by atoms with Gasteiger partial charge in [0.15, 0.2) is 0 Å². The van der Waals surface area contributed by atoms with E-state index in [9.17, 15) is 4.79 Å². The van der Waals surface area contributed by atoms with Crippen LogP contribution in [0.1, 0.15) is 136 Å². The molecule has 0 spiro atoms. The molecule has 0 unspecified atom stereocenters. The van der Waals surface area contributed by atoms with E-state index in [1.807, 2.05) is 0 Å². The molecule has 0 aromatic carbocycles. The topological polar surface area (TPSA) is 46.5 Å². The van der Waals surface area contributed by atoms with Crippen LogP contribution < -0.4 is 0 Å². The Balaban J connectivity index is 0. The van der Waals surface area contributed by atoms with Gasteiger partial charge in [0, 0.05) is 6.42 Å². The van der Waals surface area contributed by atoms with Crippen LogP contribution in [0, 0.1) is 0 Å². The van der Waals surface area contributed by atoms with Gasteiger partial charge in [0.25, 0.3) is 0 Å². The second-order valence-electron chi connectivity index (χ2n) is 8.25. The van der Waals surface area contributed by atoms with E-state index in [1.54, 1.807) is 8.87 Å². The second-order valence-corrected chi connectivity index (χ2v) is 12.5. The van der Waals surface area contributed by atoms with Crippen LogP contribution in [0.15, 0.2) is 12.2 Å². The molecule has 1 N–H and O–H groups in total. The number of unbranched alkanes of at least 4 members (excludes halogenated alkanes) is 13. The van der Waals surface area contributed by atoms with Crippen LogP contribution >= 0.6 is 0 Å². The monoisotopic (exact) mass is 532 g/mol. The molecule has 0 saturated heterocycles. The summed E-state index contributed by atoms with van der Waals surface area (Å²) in [5, 5.41) is 8.09. The van der Waals surface area contributed by atoms with Gasteiger partial charge < -0.3 is 4.89 Å². The summed E-state index contributed by atoms with van der Waals surface area (Å²) in [5.74, 6) is -0.521. The van der Waals surface area contributed by atoms with Crippen LogP contribution in [0.2, 0.25) is 8.87 Å². The quantitative estimate of drug-likeness (QED) is 0.0528. The number of carbonyl (C=O) groups excluding carboxylic acids is 1. The summed E-state index contributed by atoms with van der Waals surface area (Å²) in [5.41, 5.74) is 0. The molecule has 0 heterocycles. The van der Waals surface area contributed by atoms with Gasteiger partial charge in [-0.3, -0.25) is 0 Å². The fourth-order valence-corrected chi connectivity index (χ4v) is 7.27. The molecule has 0 aliphatic heterocycles. The Labute approximate surface area is 199 Å². The summed E-state index contributed by atoms with van der Waals surface area (Å²) in [6, 6.07) is 0. The van der Waals surface area contributed by atoms with Crippen molar-refractivity contribution in [2.24, 2.45) is 0 Å². The third-order valence-electron chi connectivity index (χ3n) is 5.16. The molecule has 178 valence electrons. The van der Waals surface area contributed by atoms with E-state index >= 15 is 0 Å². The number of carbonyl (C=O) groups is 1. The fraction of sp³-hybridized carbons (Fsp3) is 0.885. The molecule has 0 atom stereocenters. The molecule has 0 amide bonds. The van der Waals surface area contributed by atoms with Crippen molar-refractivity contribution in [1.82, 2.24) is 0 Å². The number of rotatable bonds is 21. The van der Waals surface area contributed by atoms with E-state index < -0.39 is 5.97 Å². The summed E-state index contributed by atoms with van der Waals surface area (Å²) >= 11 is 0.149. The Hall–Kier alpha value is -0.0313. The first-order valence-electron chi connectivity index (χ1n) is 12.9. The normalized spacial score (nSPS) is 10.8. The molecule has 0 aromatic heterocycles. The zero-order valence-corrected chi connectivity index (χ0v) is 23.4. The van der Waals surface area contributed by atoms with Crippen molar-refractivity contribution >= 4 is 27.1 Å². The Morgan fingerprint density at radius 2 is 1.10 bits per heavy atom. The third-order valence-corrected chi connectivity index (χ3v) is 9.20. The van der Waals surface area contributed by atoms with Gasteiger partial charge in [0.05, 0.1) is 0 Å². The first-order chi connectivity index (χ1) is 14.7. The fourth-order valence-electron chi connectivity index (χ4n) is 3.11. The van der Waals surface area contributed by atoms with E-state index in [4.69, 9.17) is 5.26 Å². The molecule has 2 radical (unpaired) electrons. The van der Waals surface area contributed by atoms with Crippen molar-refractivity contribution < 1.29 is 14.9 Å². The van der Waals surface area contributed by atoms with Gasteiger partial charge in [-0.2, -0.15) is 5.26 Å². The molecule has 0 fully saturated rings. The van der Waals surface area contributed by atoms with Crippen molar-refractivity contribution in [3.8, 4) is 0 Å². The summed E-state index contributed by atoms with van der Waals surface area (Å²) < 4.78 is 3.25. The van der Waals surface area contributed by atoms with Crippen LogP contribution in [0.3, 0.4) is 0 Å². The SMILES string of the molecule is CCCCCCCC/C=C\CCCCCCCC(=O)OO.CCC[CH2][Sn][CH2]CCC. The zero-order valence-electron chi connectivity index (χ0n) is 20.6. The molecule has 4 heteroatoms. The van der Waals surface area contributed by atoms with Crippen LogP contribution in [0.5, 0.6) is 0 Å². The van der Waals surface area contributed by atoms with E-state index in [2.05, 4.69) is 37.8 Å². The molecule has 0 rings (SSSR count).